The highest BCUT2D eigenvalue weighted by Gasteiger charge is 2.28. The van der Waals surface area contributed by atoms with E-state index in [4.69, 9.17) is 4.74 Å². The van der Waals surface area contributed by atoms with Crippen LogP contribution in [0.1, 0.15) is 37.7 Å². The molecule has 2 fully saturated rings. The number of ether oxygens (including phenoxy) is 1. The maximum Gasteiger partial charge on any atom is 0.221 e. The van der Waals surface area contributed by atoms with Gasteiger partial charge in [0.25, 0.3) is 0 Å². The van der Waals surface area contributed by atoms with Crippen molar-refractivity contribution in [1.29, 1.82) is 0 Å². The highest BCUT2D eigenvalue weighted by molar-refractivity contribution is 7.92. The van der Waals surface area contributed by atoms with E-state index in [1.807, 2.05) is 12.1 Å². The summed E-state index contributed by atoms with van der Waals surface area (Å²) in [5.41, 5.74) is 0.932. The molecule has 1 aliphatic heterocycles. The number of rotatable bonds is 7. The van der Waals surface area contributed by atoms with Crippen LogP contribution in [-0.2, 0) is 25.9 Å². The molecule has 144 valence electrons. The Morgan fingerprint density at radius 2 is 2.00 bits per heavy atom. The Kier molecular flexibility index (Phi) is 6.48. The van der Waals surface area contributed by atoms with Gasteiger partial charge in [-0.1, -0.05) is 18.9 Å². The Labute approximate surface area is 155 Å². The van der Waals surface area contributed by atoms with Gasteiger partial charge in [0.05, 0.1) is 24.2 Å². The smallest absolute Gasteiger partial charge is 0.221 e. The van der Waals surface area contributed by atoms with Crippen LogP contribution in [-0.4, -0.2) is 56.6 Å². The summed E-state index contributed by atoms with van der Waals surface area (Å²) in [6.07, 6.45) is 5.18. The second kappa shape index (κ2) is 8.81. The van der Waals surface area contributed by atoms with Gasteiger partial charge in [-0.25, -0.2) is 13.4 Å². The van der Waals surface area contributed by atoms with E-state index >= 15 is 0 Å². The predicted molar refractivity (Wildman–Crippen MR) is 99.8 cm³/mol. The molecular formula is C18H27N3O4S. The highest BCUT2D eigenvalue weighted by Crippen LogP contribution is 2.25. The summed E-state index contributed by atoms with van der Waals surface area (Å²) < 4.78 is 29.9. The molecule has 0 radical (unpaired) electrons. The van der Waals surface area contributed by atoms with Crippen LogP contribution in [0, 0.1) is 0 Å². The van der Waals surface area contributed by atoms with Gasteiger partial charge in [0.2, 0.25) is 5.91 Å². The fourth-order valence-electron chi connectivity index (χ4n) is 3.56. The molecule has 7 nitrogen and oxygen atoms in total. The number of pyridine rings is 1. The molecule has 0 aromatic carbocycles. The van der Waals surface area contributed by atoms with Crippen LogP contribution < -0.4 is 10.2 Å². The molecule has 1 saturated heterocycles. The number of nitrogens with zero attached hydrogens (tertiary/aromatic N) is 2. The van der Waals surface area contributed by atoms with Crippen molar-refractivity contribution < 1.29 is 17.9 Å². The van der Waals surface area contributed by atoms with E-state index in [9.17, 15) is 13.2 Å². The van der Waals surface area contributed by atoms with Crippen molar-refractivity contribution in [3.63, 3.8) is 0 Å². The molecule has 8 heteroatoms. The van der Waals surface area contributed by atoms with Gasteiger partial charge in [-0.05, 0) is 18.9 Å². The average molecular weight is 381 g/mol. The molecule has 0 bridgehead atoms. The maximum absolute atomic E-state index is 12.3. The highest BCUT2D eigenvalue weighted by atomic mass is 32.2. The lowest BCUT2D eigenvalue weighted by atomic mass is 10.2. The van der Waals surface area contributed by atoms with Crippen molar-refractivity contribution in [2.75, 3.05) is 37.0 Å². The first kappa shape index (κ1) is 19.1. The molecular weight excluding hydrogens is 354 g/mol. The third-order valence-corrected chi connectivity index (χ3v) is 7.34. The molecule has 1 aromatic heterocycles. The number of carbonyl (C=O) groups is 1. The van der Waals surface area contributed by atoms with Crippen molar-refractivity contribution in [2.24, 2.45) is 0 Å². The SMILES string of the molecule is O=C(CCS(=O)(=O)C1CCCC1)NCc1cccnc1N1CCOCC1. The van der Waals surface area contributed by atoms with Gasteiger partial charge in [0, 0.05) is 37.8 Å². The van der Waals surface area contributed by atoms with Gasteiger partial charge >= 0.3 is 0 Å². The van der Waals surface area contributed by atoms with Gasteiger partial charge in [-0.15, -0.1) is 0 Å². The third-order valence-electron chi connectivity index (χ3n) is 5.08. The maximum atomic E-state index is 12.3. The van der Waals surface area contributed by atoms with Gasteiger partial charge in [-0.3, -0.25) is 4.79 Å². The van der Waals surface area contributed by atoms with Gasteiger partial charge in [0.1, 0.15) is 5.82 Å². The van der Waals surface area contributed by atoms with E-state index < -0.39 is 9.84 Å². The number of anilines is 1. The molecule has 2 heterocycles. The van der Waals surface area contributed by atoms with Crippen molar-refractivity contribution in [3.05, 3.63) is 23.9 Å². The molecule has 0 unspecified atom stereocenters. The molecule has 2 aliphatic rings. The molecule has 1 aromatic rings. The Bertz CT molecular complexity index is 711. The number of nitrogens with one attached hydrogen (secondary N) is 1. The minimum atomic E-state index is -3.16. The zero-order valence-electron chi connectivity index (χ0n) is 15.0. The van der Waals surface area contributed by atoms with Crippen LogP contribution in [0.15, 0.2) is 18.3 Å². The molecule has 0 atom stereocenters. The van der Waals surface area contributed by atoms with Gasteiger partial charge in [-0.2, -0.15) is 0 Å². The fraction of sp³-hybridized carbons (Fsp3) is 0.667. The van der Waals surface area contributed by atoms with Crippen LogP contribution in [0.2, 0.25) is 0 Å². The van der Waals surface area contributed by atoms with E-state index in [0.717, 1.165) is 50.2 Å². The van der Waals surface area contributed by atoms with Crippen molar-refractivity contribution >= 4 is 21.6 Å². The third kappa shape index (κ3) is 4.94. The zero-order chi connectivity index (χ0) is 18.4. The lowest BCUT2D eigenvalue weighted by Crippen LogP contribution is -2.38. The topological polar surface area (TPSA) is 88.6 Å². The number of hydrogen-bond donors (Lipinski definition) is 1. The molecule has 3 rings (SSSR count). The molecule has 1 aliphatic carbocycles. The van der Waals surface area contributed by atoms with Crippen LogP contribution in [0.4, 0.5) is 5.82 Å². The first-order chi connectivity index (χ1) is 12.6. The van der Waals surface area contributed by atoms with Crippen molar-refractivity contribution in [1.82, 2.24) is 10.3 Å². The average Bonchev–Trinajstić information content (AvgIpc) is 3.21. The summed E-state index contributed by atoms with van der Waals surface area (Å²) in [6.45, 7) is 3.24. The van der Waals surface area contributed by atoms with Gasteiger partial charge in [0.15, 0.2) is 9.84 Å². The van der Waals surface area contributed by atoms with Crippen LogP contribution in [0.5, 0.6) is 0 Å². The number of carbonyl (C=O) groups excluding carboxylic acids is 1. The summed E-state index contributed by atoms with van der Waals surface area (Å²) in [5.74, 6) is 0.561. The number of morpholine rings is 1. The Morgan fingerprint density at radius 1 is 1.27 bits per heavy atom. The summed E-state index contributed by atoms with van der Waals surface area (Å²) in [7, 11) is -3.16. The normalized spacial score (nSPS) is 18.8. The zero-order valence-corrected chi connectivity index (χ0v) is 15.8. The summed E-state index contributed by atoms with van der Waals surface area (Å²) in [4.78, 5) is 18.7. The minimum absolute atomic E-state index is 0.0198. The van der Waals surface area contributed by atoms with Gasteiger partial charge < -0.3 is 15.0 Å². The molecule has 1 saturated carbocycles. The van der Waals surface area contributed by atoms with Crippen molar-refractivity contribution in [2.45, 2.75) is 43.9 Å². The monoisotopic (exact) mass is 381 g/mol. The lowest BCUT2D eigenvalue weighted by Gasteiger charge is -2.29. The summed E-state index contributed by atoms with van der Waals surface area (Å²) in [6, 6.07) is 3.78. The van der Waals surface area contributed by atoms with Crippen molar-refractivity contribution in [3.8, 4) is 0 Å². The largest absolute Gasteiger partial charge is 0.378 e. The minimum Gasteiger partial charge on any atom is -0.378 e. The van der Waals surface area contributed by atoms with E-state index in [1.54, 1.807) is 6.20 Å². The summed E-state index contributed by atoms with van der Waals surface area (Å²) >= 11 is 0. The number of amides is 1. The first-order valence-corrected chi connectivity index (χ1v) is 11.0. The molecule has 1 amide bonds. The predicted octanol–water partition coefficient (Wildman–Crippen LogP) is 1.28. The Morgan fingerprint density at radius 3 is 2.73 bits per heavy atom. The molecule has 0 spiro atoms. The lowest BCUT2D eigenvalue weighted by molar-refractivity contribution is -0.120. The second-order valence-corrected chi connectivity index (χ2v) is 9.29. The number of sulfone groups is 1. The standard InChI is InChI=1S/C18H27N3O4S/c22-17(7-13-26(23,24)16-5-1-2-6-16)20-14-15-4-3-8-19-18(15)21-9-11-25-12-10-21/h3-4,8,16H,1-2,5-7,9-14H2,(H,20,22). The van der Waals surface area contributed by atoms with E-state index in [2.05, 4.69) is 15.2 Å². The first-order valence-electron chi connectivity index (χ1n) is 9.31. The van der Waals surface area contributed by atoms with Crippen LogP contribution >= 0.6 is 0 Å². The molecule has 1 N–H and O–H groups in total. The second-order valence-electron chi connectivity index (χ2n) is 6.89. The fourth-order valence-corrected chi connectivity index (χ4v) is 5.41. The summed E-state index contributed by atoms with van der Waals surface area (Å²) in [5, 5.41) is 2.59. The van der Waals surface area contributed by atoms with E-state index in [-0.39, 0.29) is 23.3 Å². The van der Waals surface area contributed by atoms with Crippen LogP contribution in [0.3, 0.4) is 0 Å². The molecule has 26 heavy (non-hydrogen) atoms. The Hall–Kier alpha value is -1.67. The number of aromatic nitrogens is 1. The van der Waals surface area contributed by atoms with Crippen LogP contribution in [0.25, 0.3) is 0 Å². The van der Waals surface area contributed by atoms with E-state index in [1.165, 1.54) is 0 Å². The van der Waals surface area contributed by atoms with E-state index in [0.29, 0.717) is 19.8 Å². The number of hydrogen-bond acceptors (Lipinski definition) is 6. The quantitative estimate of drug-likeness (QED) is 0.765. The Balaban J connectivity index is 1.51.